The third kappa shape index (κ3) is 4.31. The van der Waals surface area contributed by atoms with Crippen LogP contribution in [0.1, 0.15) is 57.6 Å². The van der Waals surface area contributed by atoms with E-state index in [0.29, 0.717) is 17.5 Å². The summed E-state index contributed by atoms with van der Waals surface area (Å²) in [6.45, 7) is 10.3. The van der Waals surface area contributed by atoms with Gasteiger partial charge in [0.25, 0.3) is 0 Å². The van der Waals surface area contributed by atoms with E-state index in [0.717, 1.165) is 11.5 Å². The molecule has 1 amide bonds. The molecule has 2 rings (SSSR count). The molecule has 0 saturated carbocycles. The average molecular weight is 311 g/mol. The van der Waals surface area contributed by atoms with E-state index in [1.165, 1.54) is 18.1 Å². The number of carbonyl (C=O) groups excluding carboxylic acids is 1. The van der Waals surface area contributed by atoms with E-state index in [4.69, 9.17) is 0 Å². The van der Waals surface area contributed by atoms with Crippen molar-refractivity contribution in [2.45, 2.75) is 46.5 Å². The normalized spacial score (nSPS) is 10.9. The number of amides is 1. The maximum atomic E-state index is 11.1. The van der Waals surface area contributed by atoms with Crippen molar-refractivity contribution in [2.75, 3.05) is 10.6 Å². The first kappa shape index (κ1) is 17.0. The summed E-state index contributed by atoms with van der Waals surface area (Å²) < 4.78 is 0. The van der Waals surface area contributed by atoms with Gasteiger partial charge in [0.05, 0.1) is 11.9 Å². The van der Waals surface area contributed by atoms with Crippen LogP contribution in [-0.4, -0.2) is 10.9 Å². The first-order valence-electron chi connectivity index (χ1n) is 8.02. The fourth-order valence-corrected chi connectivity index (χ4v) is 2.57. The van der Waals surface area contributed by atoms with Gasteiger partial charge in [0.15, 0.2) is 0 Å². The van der Waals surface area contributed by atoms with Crippen LogP contribution in [0.3, 0.4) is 0 Å². The molecule has 2 aromatic rings. The van der Waals surface area contributed by atoms with Gasteiger partial charge in [-0.05, 0) is 35.1 Å². The number of carbonyl (C=O) groups is 1. The number of benzene rings is 1. The Morgan fingerprint density at radius 3 is 2.04 bits per heavy atom. The highest BCUT2D eigenvalue weighted by molar-refractivity contribution is 5.88. The molecule has 0 bridgehead atoms. The molecule has 0 aliphatic rings. The van der Waals surface area contributed by atoms with Gasteiger partial charge >= 0.3 is 0 Å². The second-order valence-electron chi connectivity index (χ2n) is 6.36. The highest BCUT2D eigenvalue weighted by Crippen LogP contribution is 2.34. The van der Waals surface area contributed by atoms with Crippen LogP contribution in [0.5, 0.6) is 0 Å². The molecular formula is C19H25N3O. The summed E-state index contributed by atoms with van der Waals surface area (Å²) in [4.78, 5) is 15.5. The van der Waals surface area contributed by atoms with Crippen LogP contribution >= 0.6 is 0 Å². The third-order valence-corrected chi connectivity index (χ3v) is 3.71. The molecule has 0 atom stereocenters. The Labute approximate surface area is 138 Å². The van der Waals surface area contributed by atoms with E-state index in [9.17, 15) is 4.79 Å². The number of anilines is 3. The van der Waals surface area contributed by atoms with E-state index in [1.807, 2.05) is 12.1 Å². The Balaban J connectivity index is 2.33. The fourth-order valence-electron chi connectivity index (χ4n) is 2.57. The van der Waals surface area contributed by atoms with Gasteiger partial charge in [-0.3, -0.25) is 4.79 Å². The standard InChI is InChI=1S/C19H25N3O/c1-12(2)16-7-6-8-17(13(3)4)19(16)22-18-10-9-15(11-20-18)21-14(5)23/h6-13H,1-5H3,(H,20,22)(H,21,23). The Bertz CT molecular complexity index is 649. The number of hydrogen-bond acceptors (Lipinski definition) is 3. The number of rotatable bonds is 5. The zero-order valence-corrected chi connectivity index (χ0v) is 14.5. The van der Waals surface area contributed by atoms with E-state index >= 15 is 0 Å². The van der Waals surface area contributed by atoms with E-state index in [2.05, 4.69) is 61.5 Å². The molecule has 1 aromatic carbocycles. The Kier molecular flexibility index (Phi) is 5.37. The topological polar surface area (TPSA) is 54.0 Å². The molecule has 0 aliphatic carbocycles. The predicted molar refractivity (Wildman–Crippen MR) is 96.4 cm³/mol. The van der Waals surface area contributed by atoms with Crippen molar-refractivity contribution in [2.24, 2.45) is 0 Å². The largest absolute Gasteiger partial charge is 0.340 e. The van der Waals surface area contributed by atoms with Gasteiger partial charge in [0, 0.05) is 12.6 Å². The molecule has 0 aliphatic heterocycles. The molecule has 23 heavy (non-hydrogen) atoms. The van der Waals surface area contributed by atoms with Crippen LogP contribution in [0.25, 0.3) is 0 Å². The second-order valence-corrected chi connectivity index (χ2v) is 6.36. The van der Waals surface area contributed by atoms with Crippen LogP contribution in [0.4, 0.5) is 17.2 Å². The summed E-state index contributed by atoms with van der Waals surface area (Å²) in [7, 11) is 0. The highest BCUT2D eigenvalue weighted by atomic mass is 16.1. The molecule has 4 heteroatoms. The van der Waals surface area contributed by atoms with Crippen molar-refractivity contribution >= 4 is 23.1 Å². The Morgan fingerprint density at radius 1 is 1.00 bits per heavy atom. The third-order valence-electron chi connectivity index (χ3n) is 3.71. The lowest BCUT2D eigenvalue weighted by Gasteiger charge is -2.20. The van der Waals surface area contributed by atoms with Crippen LogP contribution in [0, 0.1) is 0 Å². The molecule has 0 unspecified atom stereocenters. The van der Waals surface area contributed by atoms with E-state index in [1.54, 1.807) is 6.20 Å². The Hall–Kier alpha value is -2.36. The molecule has 122 valence electrons. The number of nitrogens with one attached hydrogen (secondary N) is 2. The smallest absolute Gasteiger partial charge is 0.221 e. The van der Waals surface area contributed by atoms with Gasteiger partial charge in [-0.15, -0.1) is 0 Å². The monoisotopic (exact) mass is 311 g/mol. The molecular weight excluding hydrogens is 286 g/mol. The van der Waals surface area contributed by atoms with Crippen LogP contribution in [0.15, 0.2) is 36.5 Å². The number of hydrogen-bond donors (Lipinski definition) is 2. The quantitative estimate of drug-likeness (QED) is 0.814. The lowest BCUT2D eigenvalue weighted by atomic mass is 9.92. The summed E-state index contributed by atoms with van der Waals surface area (Å²) in [5.74, 6) is 1.53. The van der Waals surface area contributed by atoms with Crippen molar-refractivity contribution < 1.29 is 4.79 Å². The zero-order valence-electron chi connectivity index (χ0n) is 14.5. The molecule has 2 N–H and O–H groups in total. The maximum Gasteiger partial charge on any atom is 0.221 e. The van der Waals surface area contributed by atoms with Crippen molar-refractivity contribution in [1.29, 1.82) is 0 Å². The minimum atomic E-state index is -0.0974. The van der Waals surface area contributed by atoms with Gasteiger partial charge in [-0.2, -0.15) is 0 Å². The number of para-hydroxylation sites is 1. The molecule has 1 heterocycles. The van der Waals surface area contributed by atoms with Crippen molar-refractivity contribution in [1.82, 2.24) is 4.98 Å². The van der Waals surface area contributed by atoms with Gasteiger partial charge < -0.3 is 10.6 Å². The fraction of sp³-hybridized carbons (Fsp3) is 0.368. The van der Waals surface area contributed by atoms with E-state index < -0.39 is 0 Å². The summed E-state index contributed by atoms with van der Waals surface area (Å²) in [6, 6.07) is 10.2. The summed E-state index contributed by atoms with van der Waals surface area (Å²) in [5.41, 5.74) is 4.40. The average Bonchev–Trinajstić information content (AvgIpc) is 2.48. The SMILES string of the molecule is CC(=O)Nc1ccc(Nc2c(C(C)C)cccc2C(C)C)nc1. The van der Waals surface area contributed by atoms with Crippen LogP contribution in [0.2, 0.25) is 0 Å². The minimum Gasteiger partial charge on any atom is -0.340 e. The highest BCUT2D eigenvalue weighted by Gasteiger charge is 2.14. The second kappa shape index (κ2) is 7.27. The molecule has 1 aromatic heterocycles. The summed E-state index contributed by atoms with van der Waals surface area (Å²) in [6.07, 6.45) is 1.66. The van der Waals surface area contributed by atoms with Crippen LogP contribution in [-0.2, 0) is 4.79 Å². The summed E-state index contributed by atoms with van der Waals surface area (Å²) >= 11 is 0. The van der Waals surface area contributed by atoms with Gasteiger partial charge in [-0.1, -0.05) is 45.9 Å². The number of nitrogens with zero attached hydrogens (tertiary/aromatic N) is 1. The van der Waals surface area contributed by atoms with Gasteiger partial charge in [-0.25, -0.2) is 4.98 Å². The predicted octanol–water partition coefficient (Wildman–Crippen LogP) is 5.03. The molecule has 0 saturated heterocycles. The summed E-state index contributed by atoms with van der Waals surface area (Å²) in [5, 5.41) is 6.19. The minimum absolute atomic E-state index is 0.0974. The maximum absolute atomic E-state index is 11.1. The van der Waals surface area contributed by atoms with E-state index in [-0.39, 0.29) is 5.91 Å². The van der Waals surface area contributed by atoms with Gasteiger partial charge in [0.1, 0.15) is 5.82 Å². The molecule has 0 spiro atoms. The van der Waals surface area contributed by atoms with Gasteiger partial charge in [0.2, 0.25) is 5.91 Å². The molecule has 0 radical (unpaired) electrons. The van der Waals surface area contributed by atoms with Crippen LogP contribution < -0.4 is 10.6 Å². The molecule has 4 nitrogen and oxygen atoms in total. The zero-order chi connectivity index (χ0) is 17.0. The number of pyridine rings is 1. The Morgan fingerprint density at radius 2 is 1.61 bits per heavy atom. The first-order chi connectivity index (χ1) is 10.9. The van der Waals surface area contributed by atoms with Crippen molar-refractivity contribution in [3.05, 3.63) is 47.7 Å². The lowest BCUT2D eigenvalue weighted by molar-refractivity contribution is -0.114. The first-order valence-corrected chi connectivity index (χ1v) is 8.02. The van der Waals surface area contributed by atoms with Crippen molar-refractivity contribution in [3.8, 4) is 0 Å². The lowest BCUT2D eigenvalue weighted by Crippen LogP contribution is -2.07. The molecule has 0 fully saturated rings. The number of aromatic nitrogens is 1. The van der Waals surface area contributed by atoms with Crippen molar-refractivity contribution in [3.63, 3.8) is 0 Å².